The van der Waals surface area contributed by atoms with Crippen molar-refractivity contribution >= 4 is 32.7 Å². The van der Waals surface area contributed by atoms with Gasteiger partial charge in [0, 0.05) is 10.0 Å². The number of benzene rings is 1. The normalized spacial score (nSPS) is 11.8. The highest BCUT2D eigenvalue weighted by Crippen LogP contribution is 2.23. The molecule has 1 aromatic carbocycles. The van der Waals surface area contributed by atoms with Crippen molar-refractivity contribution in [1.29, 1.82) is 0 Å². The van der Waals surface area contributed by atoms with Crippen molar-refractivity contribution in [3.8, 4) is 0 Å². The molecule has 0 aliphatic carbocycles. The largest absolute Gasteiger partial charge is 0.410 e. The summed E-state index contributed by atoms with van der Waals surface area (Å²) in [5.41, 5.74) is 2.86. The number of halogens is 2. The van der Waals surface area contributed by atoms with E-state index in [9.17, 15) is 0 Å². The third-order valence-electron chi connectivity index (χ3n) is 1.76. The molecule has 0 aromatic heterocycles. The lowest BCUT2D eigenvalue weighted by atomic mass is 10.1. The van der Waals surface area contributed by atoms with E-state index in [0.717, 1.165) is 21.2 Å². The van der Waals surface area contributed by atoms with Crippen molar-refractivity contribution in [3.63, 3.8) is 0 Å². The molecule has 0 heterocycles. The van der Waals surface area contributed by atoms with E-state index in [1.165, 1.54) is 0 Å². The third kappa shape index (κ3) is 2.23. The maximum absolute atomic E-state index is 8.48. The van der Waals surface area contributed by atoms with Crippen LogP contribution >= 0.6 is 27.5 Å². The highest BCUT2D eigenvalue weighted by Gasteiger charge is 2.05. The summed E-state index contributed by atoms with van der Waals surface area (Å²) in [5.74, 6) is 0. The number of hydrogen-bond donors (Lipinski definition) is 1. The van der Waals surface area contributed by atoms with Gasteiger partial charge in [0.2, 0.25) is 0 Å². The minimum Gasteiger partial charge on any atom is -0.410 e. The Kier molecular flexibility index (Phi) is 3.33. The average Bonchev–Trinajstić information content (AvgIpc) is 2.12. The number of nitrogens with zero attached hydrogens (tertiary/aromatic N) is 1. The van der Waals surface area contributed by atoms with Gasteiger partial charge >= 0.3 is 0 Å². The van der Waals surface area contributed by atoms with E-state index in [4.69, 9.17) is 16.8 Å². The van der Waals surface area contributed by atoms with Crippen molar-refractivity contribution in [3.05, 3.63) is 33.3 Å². The van der Waals surface area contributed by atoms with Crippen molar-refractivity contribution in [2.75, 3.05) is 0 Å². The fourth-order valence-electron chi connectivity index (χ4n) is 1.12. The second kappa shape index (κ2) is 4.11. The van der Waals surface area contributed by atoms with E-state index in [1.807, 2.05) is 26.0 Å². The molecule has 0 aliphatic heterocycles. The Morgan fingerprint density at radius 3 is 2.23 bits per heavy atom. The van der Waals surface area contributed by atoms with Crippen molar-refractivity contribution < 1.29 is 5.21 Å². The smallest absolute Gasteiger partial charge is 0.175 e. The van der Waals surface area contributed by atoms with Crippen molar-refractivity contribution in [1.82, 2.24) is 0 Å². The maximum atomic E-state index is 8.48. The Morgan fingerprint density at radius 2 is 1.85 bits per heavy atom. The lowest BCUT2D eigenvalue weighted by Gasteiger charge is -2.05. The van der Waals surface area contributed by atoms with Crippen LogP contribution in [0.25, 0.3) is 0 Å². The van der Waals surface area contributed by atoms with E-state index < -0.39 is 0 Å². The predicted octanol–water partition coefficient (Wildman–Crippen LogP) is 3.44. The number of rotatable bonds is 1. The minimum atomic E-state index is 0.110. The van der Waals surface area contributed by atoms with Gasteiger partial charge in [-0.1, -0.05) is 32.7 Å². The van der Waals surface area contributed by atoms with E-state index in [-0.39, 0.29) is 5.17 Å². The highest BCUT2D eigenvalue weighted by molar-refractivity contribution is 9.10. The van der Waals surface area contributed by atoms with Crippen LogP contribution in [0.4, 0.5) is 0 Å². The molecule has 0 spiro atoms. The molecule has 0 fully saturated rings. The maximum Gasteiger partial charge on any atom is 0.175 e. The Bertz CT molecular complexity index is 340. The van der Waals surface area contributed by atoms with Gasteiger partial charge in [0.25, 0.3) is 0 Å². The Balaban J connectivity index is 3.29. The van der Waals surface area contributed by atoms with E-state index >= 15 is 0 Å². The van der Waals surface area contributed by atoms with Gasteiger partial charge in [-0.05, 0) is 37.1 Å². The molecule has 70 valence electrons. The first-order valence-corrected chi connectivity index (χ1v) is 4.88. The van der Waals surface area contributed by atoms with Crippen LogP contribution in [0.15, 0.2) is 21.8 Å². The van der Waals surface area contributed by atoms with Gasteiger partial charge in [-0.2, -0.15) is 0 Å². The number of hydrogen-bond acceptors (Lipinski definition) is 2. The van der Waals surface area contributed by atoms with Crippen LogP contribution in [0.3, 0.4) is 0 Å². The molecule has 1 rings (SSSR count). The average molecular weight is 263 g/mol. The summed E-state index contributed by atoms with van der Waals surface area (Å²) in [5, 5.41) is 11.5. The van der Waals surface area contributed by atoms with Gasteiger partial charge in [-0.15, -0.1) is 0 Å². The van der Waals surface area contributed by atoms with Gasteiger partial charge in [0.1, 0.15) is 0 Å². The Hall–Kier alpha value is -0.540. The van der Waals surface area contributed by atoms with Gasteiger partial charge in [-0.25, -0.2) is 0 Å². The van der Waals surface area contributed by atoms with Crippen molar-refractivity contribution in [2.45, 2.75) is 13.8 Å². The van der Waals surface area contributed by atoms with Crippen LogP contribution in [0.5, 0.6) is 0 Å². The SMILES string of the molecule is Cc1cc(C(Cl)=NO)cc(C)c1Br. The van der Waals surface area contributed by atoms with E-state index in [1.54, 1.807) is 0 Å². The molecule has 0 radical (unpaired) electrons. The molecule has 13 heavy (non-hydrogen) atoms. The predicted molar refractivity (Wildman–Crippen MR) is 57.8 cm³/mol. The zero-order valence-corrected chi connectivity index (χ0v) is 9.65. The second-order valence-corrected chi connectivity index (χ2v) is 3.97. The Morgan fingerprint density at radius 1 is 1.38 bits per heavy atom. The molecule has 0 saturated heterocycles. The van der Waals surface area contributed by atoms with E-state index in [0.29, 0.717) is 0 Å². The molecular weight excluding hydrogens is 253 g/mol. The van der Waals surface area contributed by atoms with Crippen LogP contribution in [-0.4, -0.2) is 10.4 Å². The van der Waals surface area contributed by atoms with Crippen LogP contribution in [0.1, 0.15) is 16.7 Å². The summed E-state index contributed by atoms with van der Waals surface area (Å²) in [6.45, 7) is 3.92. The summed E-state index contributed by atoms with van der Waals surface area (Å²) >= 11 is 9.11. The molecule has 0 aliphatic rings. The van der Waals surface area contributed by atoms with Crippen LogP contribution < -0.4 is 0 Å². The molecule has 1 N–H and O–H groups in total. The summed E-state index contributed by atoms with van der Waals surface area (Å²) < 4.78 is 1.05. The Labute approximate surface area is 90.3 Å². The number of oxime groups is 1. The fraction of sp³-hybridized carbons (Fsp3) is 0.222. The zero-order chi connectivity index (χ0) is 10.0. The molecule has 4 heteroatoms. The minimum absolute atomic E-state index is 0.110. The molecule has 0 amide bonds. The molecular formula is C9H9BrClNO. The lowest BCUT2D eigenvalue weighted by Crippen LogP contribution is -1.94. The first kappa shape index (κ1) is 10.5. The highest BCUT2D eigenvalue weighted by atomic mass is 79.9. The molecule has 0 unspecified atom stereocenters. The van der Waals surface area contributed by atoms with Gasteiger partial charge < -0.3 is 5.21 Å². The van der Waals surface area contributed by atoms with Crippen LogP contribution in [-0.2, 0) is 0 Å². The fourth-order valence-corrected chi connectivity index (χ4v) is 1.46. The monoisotopic (exact) mass is 261 g/mol. The summed E-state index contributed by atoms with van der Waals surface area (Å²) in [6.07, 6.45) is 0. The molecule has 1 aromatic rings. The lowest BCUT2D eigenvalue weighted by molar-refractivity contribution is 0.321. The van der Waals surface area contributed by atoms with Crippen molar-refractivity contribution in [2.24, 2.45) is 5.16 Å². The summed E-state index contributed by atoms with van der Waals surface area (Å²) in [6, 6.07) is 3.72. The standard InChI is InChI=1S/C9H9BrClNO/c1-5-3-7(9(11)12-13)4-6(2)8(5)10/h3-4,13H,1-2H3. The van der Waals surface area contributed by atoms with Crippen LogP contribution in [0, 0.1) is 13.8 Å². The van der Waals surface area contributed by atoms with Crippen LogP contribution in [0.2, 0.25) is 0 Å². The first-order chi connectivity index (χ1) is 6.06. The number of aryl methyl sites for hydroxylation is 2. The zero-order valence-electron chi connectivity index (χ0n) is 7.31. The van der Waals surface area contributed by atoms with Gasteiger partial charge in [0.15, 0.2) is 5.17 Å². The molecule has 0 saturated carbocycles. The van der Waals surface area contributed by atoms with Gasteiger partial charge in [0.05, 0.1) is 0 Å². The summed E-state index contributed by atoms with van der Waals surface area (Å²) in [7, 11) is 0. The van der Waals surface area contributed by atoms with Gasteiger partial charge in [-0.3, -0.25) is 0 Å². The second-order valence-electron chi connectivity index (χ2n) is 2.81. The quantitative estimate of drug-likeness (QED) is 0.469. The first-order valence-electron chi connectivity index (χ1n) is 3.71. The molecule has 0 atom stereocenters. The summed E-state index contributed by atoms with van der Waals surface area (Å²) in [4.78, 5) is 0. The third-order valence-corrected chi connectivity index (χ3v) is 3.31. The molecule has 0 bridgehead atoms. The topological polar surface area (TPSA) is 32.6 Å². The molecule has 2 nitrogen and oxygen atoms in total. The van der Waals surface area contributed by atoms with E-state index in [2.05, 4.69) is 21.1 Å².